The molecular formula is C11H14BrN3O. The molecule has 0 aliphatic carbocycles. The highest BCUT2D eigenvalue weighted by atomic mass is 79.9. The second kappa shape index (κ2) is 4.74. The molecule has 0 atom stereocenters. The molecule has 0 saturated carbocycles. The minimum Gasteiger partial charge on any atom is -0.409 e. The zero-order chi connectivity index (χ0) is 11.5. The van der Waals surface area contributed by atoms with E-state index in [4.69, 9.17) is 10.9 Å². The van der Waals surface area contributed by atoms with Crippen LogP contribution in [0.3, 0.4) is 0 Å². The van der Waals surface area contributed by atoms with Crippen molar-refractivity contribution in [2.45, 2.75) is 12.8 Å². The Bertz CT molecular complexity index is 414. The summed E-state index contributed by atoms with van der Waals surface area (Å²) in [5.41, 5.74) is 7.45. The molecule has 1 aliphatic heterocycles. The summed E-state index contributed by atoms with van der Waals surface area (Å²) in [6, 6.07) is 5.88. The van der Waals surface area contributed by atoms with Crippen LogP contribution in [-0.4, -0.2) is 24.1 Å². The summed E-state index contributed by atoms with van der Waals surface area (Å²) < 4.78 is 0.854. The van der Waals surface area contributed by atoms with Crippen LogP contribution in [0.1, 0.15) is 18.4 Å². The summed E-state index contributed by atoms with van der Waals surface area (Å²) in [7, 11) is 0. The molecule has 0 radical (unpaired) electrons. The molecule has 1 heterocycles. The number of hydrogen-bond acceptors (Lipinski definition) is 3. The van der Waals surface area contributed by atoms with Crippen molar-refractivity contribution in [2.24, 2.45) is 10.9 Å². The fourth-order valence-electron chi connectivity index (χ4n) is 1.94. The van der Waals surface area contributed by atoms with E-state index in [-0.39, 0.29) is 5.84 Å². The minimum atomic E-state index is 0.125. The van der Waals surface area contributed by atoms with Gasteiger partial charge in [-0.05, 0) is 47.0 Å². The molecule has 0 unspecified atom stereocenters. The maximum Gasteiger partial charge on any atom is 0.171 e. The molecule has 0 aromatic heterocycles. The Hall–Kier alpha value is -1.23. The average molecular weight is 284 g/mol. The van der Waals surface area contributed by atoms with Crippen LogP contribution in [0, 0.1) is 0 Å². The smallest absolute Gasteiger partial charge is 0.171 e. The van der Waals surface area contributed by atoms with Gasteiger partial charge in [-0.3, -0.25) is 0 Å². The van der Waals surface area contributed by atoms with Gasteiger partial charge >= 0.3 is 0 Å². The molecule has 2 rings (SSSR count). The van der Waals surface area contributed by atoms with E-state index in [1.54, 1.807) is 0 Å². The van der Waals surface area contributed by atoms with Gasteiger partial charge in [-0.2, -0.15) is 0 Å². The zero-order valence-electron chi connectivity index (χ0n) is 8.86. The summed E-state index contributed by atoms with van der Waals surface area (Å²) in [5.74, 6) is 0.125. The van der Waals surface area contributed by atoms with Gasteiger partial charge in [-0.25, -0.2) is 0 Å². The van der Waals surface area contributed by atoms with Gasteiger partial charge in [0, 0.05) is 28.8 Å². The van der Waals surface area contributed by atoms with E-state index in [0.717, 1.165) is 17.6 Å². The highest BCUT2D eigenvalue weighted by Gasteiger charge is 2.14. The molecule has 0 amide bonds. The van der Waals surface area contributed by atoms with Crippen molar-refractivity contribution in [1.82, 2.24) is 0 Å². The van der Waals surface area contributed by atoms with E-state index in [9.17, 15) is 0 Å². The Morgan fingerprint density at radius 2 is 2.06 bits per heavy atom. The number of halogens is 1. The van der Waals surface area contributed by atoms with E-state index in [1.807, 2.05) is 18.2 Å². The molecule has 1 saturated heterocycles. The standard InChI is InChI=1S/C11H14BrN3O/c12-10-7-8(15-5-1-2-6-15)3-4-9(10)11(13)14-16/h3-4,7,16H,1-2,5-6H2,(H2,13,14). The molecule has 1 aromatic rings. The van der Waals surface area contributed by atoms with Crippen molar-refractivity contribution in [3.63, 3.8) is 0 Å². The van der Waals surface area contributed by atoms with E-state index in [2.05, 4.69) is 26.0 Å². The molecular weight excluding hydrogens is 270 g/mol. The van der Waals surface area contributed by atoms with Crippen molar-refractivity contribution in [3.05, 3.63) is 28.2 Å². The molecule has 4 nitrogen and oxygen atoms in total. The fraction of sp³-hybridized carbons (Fsp3) is 0.364. The van der Waals surface area contributed by atoms with Gasteiger partial charge in [0.05, 0.1) is 0 Å². The lowest BCUT2D eigenvalue weighted by Crippen LogP contribution is -2.18. The van der Waals surface area contributed by atoms with Crippen LogP contribution in [0.2, 0.25) is 0 Å². The van der Waals surface area contributed by atoms with Crippen molar-refractivity contribution >= 4 is 27.5 Å². The Morgan fingerprint density at radius 1 is 1.38 bits per heavy atom. The maximum absolute atomic E-state index is 8.63. The number of nitrogens with zero attached hydrogens (tertiary/aromatic N) is 2. The van der Waals surface area contributed by atoms with Crippen molar-refractivity contribution in [2.75, 3.05) is 18.0 Å². The zero-order valence-corrected chi connectivity index (χ0v) is 10.4. The number of oxime groups is 1. The molecule has 0 bridgehead atoms. The Kier molecular flexibility index (Phi) is 3.33. The Morgan fingerprint density at radius 3 is 2.62 bits per heavy atom. The first-order chi connectivity index (χ1) is 7.72. The monoisotopic (exact) mass is 283 g/mol. The minimum absolute atomic E-state index is 0.125. The maximum atomic E-state index is 8.63. The van der Waals surface area contributed by atoms with Gasteiger partial charge in [0.25, 0.3) is 0 Å². The summed E-state index contributed by atoms with van der Waals surface area (Å²) in [6.07, 6.45) is 2.50. The van der Waals surface area contributed by atoms with Crippen LogP contribution >= 0.6 is 15.9 Å². The second-order valence-corrected chi connectivity index (χ2v) is 4.70. The van der Waals surface area contributed by atoms with Crippen LogP contribution in [-0.2, 0) is 0 Å². The fourth-order valence-corrected chi connectivity index (χ4v) is 2.51. The van der Waals surface area contributed by atoms with Gasteiger partial charge < -0.3 is 15.8 Å². The summed E-state index contributed by atoms with van der Waals surface area (Å²) in [6.45, 7) is 2.21. The molecule has 3 N–H and O–H groups in total. The number of anilines is 1. The van der Waals surface area contributed by atoms with Gasteiger partial charge in [0.15, 0.2) is 5.84 Å². The molecule has 0 spiro atoms. The molecule has 5 heteroatoms. The van der Waals surface area contributed by atoms with Crippen molar-refractivity contribution < 1.29 is 5.21 Å². The first kappa shape index (κ1) is 11.3. The molecule has 86 valence electrons. The van der Waals surface area contributed by atoms with E-state index in [1.165, 1.54) is 18.5 Å². The lowest BCUT2D eigenvalue weighted by Gasteiger charge is -2.18. The van der Waals surface area contributed by atoms with Crippen LogP contribution < -0.4 is 10.6 Å². The summed E-state index contributed by atoms with van der Waals surface area (Å²) in [5, 5.41) is 11.6. The third-order valence-corrected chi connectivity index (χ3v) is 3.46. The largest absolute Gasteiger partial charge is 0.409 e. The normalized spacial score (nSPS) is 16.8. The van der Waals surface area contributed by atoms with Crippen LogP contribution in [0.5, 0.6) is 0 Å². The number of benzene rings is 1. The van der Waals surface area contributed by atoms with Crippen molar-refractivity contribution in [1.29, 1.82) is 0 Å². The van der Waals surface area contributed by atoms with Gasteiger partial charge in [0.1, 0.15) is 0 Å². The SMILES string of the molecule is N/C(=N/O)c1ccc(N2CCCC2)cc1Br. The molecule has 16 heavy (non-hydrogen) atoms. The predicted octanol–water partition coefficient (Wildman–Crippen LogP) is 2.14. The van der Waals surface area contributed by atoms with Gasteiger partial charge in [0.2, 0.25) is 0 Å². The topological polar surface area (TPSA) is 61.9 Å². The number of amidine groups is 1. The number of hydrogen-bond donors (Lipinski definition) is 2. The number of nitrogens with two attached hydrogens (primary N) is 1. The lowest BCUT2D eigenvalue weighted by atomic mass is 10.2. The van der Waals surface area contributed by atoms with E-state index in [0.29, 0.717) is 5.56 Å². The summed E-state index contributed by atoms with van der Waals surface area (Å²) >= 11 is 3.44. The quantitative estimate of drug-likeness (QED) is 0.378. The molecule has 1 fully saturated rings. The van der Waals surface area contributed by atoms with E-state index < -0.39 is 0 Å². The van der Waals surface area contributed by atoms with E-state index >= 15 is 0 Å². The third-order valence-electron chi connectivity index (χ3n) is 2.81. The Balaban J connectivity index is 2.28. The number of rotatable bonds is 2. The van der Waals surface area contributed by atoms with Crippen molar-refractivity contribution in [3.8, 4) is 0 Å². The van der Waals surface area contributed by atoms with Crippen LogP contribution in [0.4, 0.5) is 5.69 Å². The van der Waals surface area contributed by atoms with Gasteiger partial charge in [-0.15, -0.1) is 0 Å². The predicted molar refractivity (Wildman–Crippen MR) is 68.1 cm³/mol. The molecule has 1 aromatic carbocycles. The van der Waals surface area contributed by atoms with Crippen LogP contribution in [0.15, 0.2) is 27.8 Å². The third kappa shape index (κ3) is 2.14. The lowest BCUT2D eigenvalue weighted by molar-refractivity contribution is 0.318. The first-order valence-corrected chi connectivity index (χ1v) is 6.04. The van der Waals surface area contributed by atoms with Crippen LogP contribution in [0.25, 0.3) is 0 Å². The highest BCUT2D eigenvalue weighted by molar-refractivity contribution is 9.10. The Labute approximate surface area is 103 Å². The summed E-state index contributed by atoms with van der Waals surface area (Å²) in [4.78, 5) is 2.33. The highest BCUT2D eigenvalue weighted by Crippen LogP contribution is 2.26. The molecule has 1 aliphatic rings. The van der Waals surface area contributed by atoms with Gasteiger partial charge in [-0.1, -0.05) is 5.16 Å². The first-order valence-electron chi connectivity index (χ1n) is 5.25. The second-order valence-electron chi connectivity index (χ2n) is 3.84. The average Bonchev–Trinajstić information content (AvgIpc) is 2.81.